The van der Waals surface area contributed by atoms with E-state index in [0.717, 1.165) is 6.07 Å². The Morgan fingerprint density at radius 2 is 1.76 bits per heavy atom. The Morgan fingerprint density at radius 3 is 2.38 bits per heavy atom. The molecule has 108 valence electrons. The number of carboxylic acids is 1. The molecule has 0 aliphatic carbocycles. The molecule has 21 heavy (non-hydrogen) atoms. The second-order valence-electron chi connectivity index (χ2n) is 4.35. The van der Waals surface area contributed by atoms with Gasteiger partial charge < -0.3 is 15.3 Å². The number of hydrogen-bond donors (Lipinski definition) is 3. The van der Waals surface area contributed by atoms with Gasteiger partial charge in [-0.15, -0.1) is 0 Å². The van der Waals surface area contributed by atoms with E-state index < -0.39 is 5.97 Å². The number of aromatic carboxylic acids is 1. The number of carbonyl (C=O) groups is 2. The molecule has 0 aliphatic rings. The molecule has 1 aromatic carbocycles. The van der Waals surface area contributed by atoms with E-state index in [0.29, 0.717) is 4.47 Å². The number of halogens is 1. The van der Waals surface area contributed by atoms with Crippen LogP contribution in [0.4, 0.5) is 0 Å². The summed E-state index contributed by atoms with van der Waals surface area (Å²) < 4.78 is 1.96. The lowest BCUT2D eigenvalue weighted by Gasteiger charge is -2.02. The Balaban J connectivity index is 2.27. The fraction of sp³-hybridized carbons (Fsp3) is 0.0714. The van der Waals surface area contributed by atoms with Gasteiger partial charge in [0.05, 0.1) is 4.47 Å². The Hall–Kier alpha value is -2.41. The number of nitrogens with zero attached hydrogens (tertiary/aromatic N) is 1. The van der Waals surface area contributed by atoms with Gasteiger partial charge in [-0.3, -0.25) is 4.79 Å². The summed E-state index contributed by atoms with van der Waals surface area (Å²) in [7, 11) is 0. The summed E-state index contributed by atoms with van der Waals surface area (Å²) in [5, 5.41) is 27.6. The van der Waals surface area contributed by atoms with Gasteiger partial charge in [0, 0.05) is 5.56 Å². The standard InChI is InChI=1S/C14H10BrNO5/c15-10-3-9(14(20)21)5-16(6-10)7-13(19)8-1-2-11(17)12(18)4-8/h1-6H,7H2,(H2-,17,18,19,20,21)/p+1. The van der Waals surface area contributed by atoms with Crippen molar-refractivity contribution in [3.05, 3.63) is 52.3 Å². The summed E-state index contributed by atoms with van der Waals surface area (Å²) in [4.78, 5) is 23.1. The lowest BCUT2D eigenvalue weighted by molar-refractivity contribution is -0.683. The maximum atomic E-state index is 12.1. The van der Waals surface area contributed by atoms with Crippen LogP contribution < -0.4 is 4.57 Å². The fourth-order valence-electron chi connectivity index (χ4n) is 1.76. The van der Waals surface area contributed by atoms with Crippen molar-refractivity contribution in [2.45, 2.75) is 6.54 Å². The van der Waals surface area contributed by atoms with Crippen LogP contribution in [0.5, 0.6) is 11.5 Å². The number of rotatable bonds is 4. The predicted molar refractivity (Wildman–Crippen MR) is 75.4 cm³/mol. The molecule has 3 N–H and O–H groups in total. The molecule has 0 spiro atoms. The topological polar surface area (TPSA) is 98.7 Å². The minimum atomic E-state index is -1.10. The van der Waals surface area contributed by atoms with E-state index in [9.17, 15) is 19.8 Å². The van der Waals surface area contributed by atoms with Crippen molar-refractivity contribution in [3.8, 4) is 11.5 Å². The van der Waals surface area contributed by atoms with Crippen molar-refractivity contribution in [1.29, 1.82) is 0 Å². The molecule has 0 amide bonds. The third kappa shape index (κ3) is 3.57. The van der Waals surface area contributed by atoms with Crippen molar-refractivity contribution in [2.24, 2.45) is 0 Å². The van der Waals surface area contributed by atoms with Gasteiger partial charge in [0.15, 0.2) is 23.9 Å². The number of benzene rings is 1. The molecule has 7 heteroatoms. The number of aromatic nitrogens is 1. The SMILES string of the molecule is O=C(O)c1cc(Br)c[n+](CC(=O)c2ccc(O)c(O)c2)c1. The molecule has 0 unspecified atom stereocenters. The third-order valence-electron chi connectivity index (χ3n) is 2.76. The summed E-state index contributed by atoms with van der Waals surface area (Å²) in [6.07, 6.45) is 2.91. The van der Waals surface area contributed by atoms with Gasteiger partial charge in [0.2, 0.25) is 12.3 Å². The molecule has 0 radical (unpaired) electrons. The smallest absolute Gasteiger partial charge is 0.341 e. The van der Waals surface area contributed by atoms with Crippen LogP contribution in [-0.4, -0.2) is 27.1 Å². The Morgan fingerprint density at radius 1 is 1.05 bits per heavy atom. The van der Waals surface area contributed by atoms with E-state index in [1.54, 1.807) is 6.20 Å². The highest BCUT2D eigenvalue weighted by molar-refractivity contribution is 9.10. The van der Waals surface area contributed by atoms with Crippen LogP contribution >= 0.6 is 15.9 Å². The van der Waals surface area contributed by atoms with E-state index in [1.165, 1.54) is 29.0 Å². The first kappa shape index (κ1) is 15.0. The van der Waals surface area contributed by atoms with Gasteiger partial charge in [-0.05, 0) is 40.2 Å². The number of carboxylic acid groups (broad SMARTS) is 1. The Bertz CT molecular complexity index is 729. The van der Waals surface area contributed by atoms with Crippen molar-refractivity contribution < 1.29 is 29.5 Å². The van der Waals surface area contributed by atoms with Crippen LogP contribution in [0.15, 0.2) is 41.1 Å². The van der Waals surface area contributed by atoms with Crippen LogP contribution in [0.25, 0.3) is 0 Å². The van der Waals surface area contributed by atoms with Gasteiger partial charge in [0.1, 0.15) is 5.56 Å². The number of ketones is 1. The maximum absolute atomic E-state index is 12.1. The maximum Gasteiger partial charge on any atom is 0.341 e. The molecule has 1 aromatic heterocycles. The average Bonchev–Trinajstić information content (AvgIpc) is 2.41. The number of hydrogen-bond acceptors (Lipinski definition) is 4. The number of pyridine rings is 1. The highest BCUT2D eigenvalue weighted by atomic mass is 79.9. The second-order valence-corrected chi connectivity index (χ2v) is 5.26. The van der Waals surface area contributed by atoms with Crippen LogP contribution in [0, 0.1) is 0 Å². The first-order valence-corrected chi connectivity index (χ1v) is 6.64. The lowest BCUT2D eigenvalue weighted by Crippen LogP contribution is -2.38. The summed E-state index contributed by atoms with van der Waals surface area (Å²) >= 11 is 3.18. The number of Topliss-reactive ketones (excluding diaryl/α,β-unsaturated/α-hetero) is 1. The minimum absolute atomic E-state index is 0.0470. The zero-order chi connectivity index (χ0) is 15.6. The molecule has 1 heterocycles. The quantitative estimate of drug-likeness (QED) is 0.442. The van der Waals surface area contributed by atoms with E-state index >= 15 is 0 Å². The van der Waals surface area contributed by atoms with Crippen molar-refractivity contribution in [3.63, 3.8) is 0 Å². The molecule has 0 fully saturated rings. The highest BCUT2D eigenvalue weighted by Crippen LogP contribution is 2.25. The molecule has 0 bridgehead atoms. The van der Waals surface area contributed by atoms with Crippen molar-refractivity contribution >= 4 is 27.7 Å². The molecule has 0 atom stereocenters. The summed E-state index contributed by atoms with van der Waals surface area (Å²) in [5.74, 6) is -2.12. The molecule has 0 aliphatic heterocycles. The van der Waals surface area contributed by atoms with E-state index in [2.05, 4.69) is 15.9 Å². The first-order valence-electron chi connectivity index (χ1n) is 5.85. The number of carbonyl (C=O) groups excluding carboxylic acids is 1. The number of phenols is 2. The van der Waals surface area contributed by atoms with E-state index in [4.69, 9.17) is 5.11 Å². The Kier molecular flexibility index (Phi) is 4.23. The minimum Gasteiger partial charge on any atom is -0.504 e. The number of aromatic hydroxyl groups is 2. The zero-order valence-corrected chi connectivity index (χ0v) is 12.2. The van der Waals surface area contributed by atoms with Gasteiger partial charge in [0.25, 0.3) is 0 Å². The largest absolute Gasteiger partial charge is 0.504 e. The lowest BCUT2D eigenvalue weighted by atomic mass is 10.1. The van der Waals surface area contributed by atoms with Gasteiger partial charge in [-0.2, -0.15) is 4.57 Å². The summed E-state index contributed by atoms with van der Waals surface area (Å²) in [6.45, 7) is -0.0933. The van der Waals surface area contributed by atoms with Gasteiger partial charge >= 0.3 is 5.97 Å². The zero-order valence-electron chi connectivity index (χ0n) is 10.7. The highest BCUT2D eigenvalue weighted by Gasteiger charge is 2.17. The van der Waals surface area contributed by atoms with Crippen LogP contribution in [0.1, 0.15) is 20.7 Å². The van der Waals surface area contributed by atoms with Crippen LogP contribution in [-0.2, 0) is 6.54 Å². The van der Waals surface area contributed by atoms with Gasteiger partial charge in [-0.1, -0.05) is 0 Å². The fourth-order valence-corrected chi connectivity index (χ4v) is 2.27. The summed E-state index contributed by atoms with van der Waals surface area (Å²) in [6, 6.07) is 5.19. The van der Waals surface area contributed by atoms with Crippen molar-refractivity contribution in [2.75, 3.05) is 0 Å². The molecular weight excluding hydrogens is 342 g/mol. The molecular formula is C14H11BrNO5+. The molecule has 2 rings (SSSR count). The molecule has 2 aromatic rings. The average molecular weight is 353 g/mol. The van der Waals surface area contributed by atoms with Crippen molar-refractivity contribution in [1.82, 2.24) is 0 Å². The normalized spacial score (nSPS) is 10.3. The summed E-state index contributed by atoms with van der Waals surface area (Å²) in [5.41, 5.74) is 0.264. The van der Waals surface area contributed by atoms with Crippen LogP contribution in [0.3, 0.4) is 0 Å². The first-order chi connectivity index (χ1) is 9.86. The Labute approximate surface area is 128 Å². The monoisotopic (exact) mass is 352 g/mol. The second kappa shape index (κ2) is 5.92. The molecule has 6 nitrogen and oxygen atoms in total. The van der Waals surface area contributed by atoms with E-state index in [1.807, 2.05) is 0 Å². The number of phenolic OH excluding ortho intramolecular Hbond substituents is 2. The predicted octanol–water partition coefficient (Wildman–Crippen LogP) is 1.73. The third-order valence-corrected chi connectivity index (χ3v) is 3.19. The molecule has 0 saturated heterocycles. The van der Waals surface area contributed by atoms with Gasteiger partial charge in [-0.25, -0.2) is 4.79 Å². The van der Waals surface area contributed by atoms with Crippen LogP contribution in [0.2, 0.25) is 0 Å². The molecule has 0 saturated carbocycles. The van der Waals surface area contributed by atoms with E-state index in [-0.39, 0.29) is 35.0 Å².